The summed E-state index contributed by atoms with van der Waals surface area (Å²) in [5, 5.41) is 18.9. The number of phenolic OH excluding ortho intramolecular Hbond substituents is 1. The molecule has 1 amide bonds. The van der Waals surface area contributed by atoms with Gasteiger partial charge in [-0.15, -0.1) is 0 Å². The number of aromatic hydroxyl groups is 1. The van der Waals surface area contributed by atoms with Gasteiger partial charge in [-0.3, -0.25) is 4.79 Å². The molecule has 1 aliphatic rings. The highest BCUT2D eigenvalue weighted by molar-refractivity contribution is 14.1. The molecule has 0 spiro atoms. The Balaban J connectivity index is 2.24. The molecule has 2 atom stereocenters. The predicted octanol–water partition coefficient (Wildman–Crippen LogP) is 1.22. The van der Waals surface area contributed by atoms with Crippen molar-refractivity contribution in [1.29, 1.82) is 0 Å². The van der Waals surface area contributed by atoms with Crippen LogP contribution in [-0.2, 0) is 4.74 Å². The summed E-state index contributed by atoms with van der Waals surface area (Å²) < 4.78 is 6.29. The first-order valence-corrected chi connectivity index (χ1v) is 7.12. The molecule has 1 aromatic rings. The van der Waals surface area contributed by atoms with Gasteiger partial charge < -0.3 is 19.8 Å². The van der Waals surface area contributed by atoms with E-state index in [1.807, 2.05) is 6.92 Å². The van der Waals surface area contributed by atoms with Crippen LogP contribution in [0.3, 0.4) is 0 Å². The lowest BCUT2D eigenvalue weighted by atomic mass is 10.1. The maximum atomic E-state index is 12.5. The van der Waals surface area contributed by atoms with Crippen molar-refractivity contribution in [3.8, 4) is 5.75 Å². The molecule has 6 heteroatoms. The number of aliphatic hydroxyl groups is 1. The van der Waals surface area contributed by atoms with Gasteiger partial charge in [-0.2, -0.15) is 0 Å². The Morgan fingerprint density at radius 2 is 2.32 bits per heavy atom. The molecule has 1 saturated heterocycles. The van der Waals surface area contributed by atoms with E-state index in [0.717, 1.165) is 3.57 Å². The van der Waals surface area contributed by atoms with Crippen LogP contribution in [-0.4, -0.2) is 52.9 Å². The maximum Gasteiger partial charge on any atom is 0.258 e. The summed E-state index contributed by atoms with van der Waals surface area (Å²) >= 11 is 2.10. The zero-order valence-electron chi connectivity index (χ0n) is 10.5. The van der Waals surface area contributed by atoms with E-state index in [2.05, 4.69) is 22.6 Å². The number of carbonyl (C=O) groups is 1. The van der Waals surface area contributed by atoms with E-state index >= 15 is 0 Å². The lowest BCUT2D eigenvalue weighted by molar-refractivity contribution is -0.0667. The van der Waals surface area contributed by atoms with Gasteiger partial charge in [-0.1, -0.05) is 0 Å². The van der Waals surface area contributed by atoms with Gasteiger partial charge in [-0.25, -0.2) is 0 Å². The van der Waals surface area contributed by atoms with Crippen LogP contribution in [0.4, 0.5) is 0 Å². The van der Waals surface area contributed by atoms with Gasteiger partial charge in [0.05, 0.1) is 30.9 Å². The summed E-state index contributed by atoms with van der Waals surface area (Å²) in [6.45, 7) is 2.49. The third-order valence-electron chi connectivity index (χ3n) is 3.16. The zero-order valence-corrected chi connectivity index (χ0v) is 12.7. The van der Waals surface area contributed by atoms with E-state index in [0.29, 0.717) is 13.2 Å². The third-order valence-corrected chi connectivity index (χ3v) is 3.83. The molecule has 1 aromatic carbocycles. The number of morpholine rings is 1. The predicted molar refractivity (Wildman–Crippen MR) is 78.1 cm³/mol. The number of hydrogen-bond acceptors (Lipinski definition) is 4. The number of halogens is 1. The minimum atomic E-state index is -0.356. The molecule has 104 valence electrons. The Kier molecular flexibility index (Phi) is 4.64. The molecule has 0 aliphatic carbocycles. The molecule has 0 radical (unpaired) electrons. The number of ether oxygens (including phenoxy) is 1. The first-order chi connectivity index (χ1) is 9.02. The first kappa shape index (κ1) is 14.5. The van der Waals surface area contributed by atoms with Gasteiger partial charge in [-0.05, 0) is 47.7 Å². The highest BCUT2D eigenvalue weighted by Crippen LogP contribution is 2.23. The number of nitrogens with zero attached hydrogens (tertiary/aromatic N) is 1. The Morgan fingerprint density at radius 3 is 3.00 bits per heavy atom. The molecule has 2 rings (SSSR count). The van der Waals surface area contributed by atoms with Gasteiger partial charge in [0.1, 0.15) is 5.75 Å². The Morgan fingerprint density at radius 1 is 1.58 bits per heavy atom. The van der Waals surface area contributed by atoms with Gasteiger partial charge in [0, 0.05) is 10.1 Å². The van der Waals surface area contributed by atoms with E-state index in [-0.39, 0.29) is 36.0 Å². The lowest BCUT2D eigenvalue weighted by Crippen LogP contribution is -2.52. The second kappa shape index (κ2) is 6.06. The van der Waals surface area contributed by atoms with Crippen molar-refractivity contribution >= 4 is 28.5 Å². The number of aliphatic hydroxyl groups excluding tert-OH is 1. The molecule has 0 saturated carbocycles. The molecule has 1 fully saturated rings. The quantitative estimate of drug-likeness (QED) is 0.761. The number of rotatable bonds is 2. The SMILES string of the molecule is CC1COC(CO)CN1C(=O)c1cc(I)ccc1O. The third kappa shape index (κ3) is 3.18. The highest BCUT2D eigenvalue weighted by atomic mass is 127. The highest BCUT2D eigenvalue weighted by Gasteiger charge is 2.31. The second-order valence-corrected chi connectivity index (χ2v) is 5.85. The van der Waals surface area contributed by atoms with E-state index in [1.54, 1.807) is 17.0 Å². The second-order valence-electron chi connectivity index (χ2n) is 4.61. The normalized spacial score (nSPS) is 23.4. The van der Waals surface area contributed by atoms with Crippen molar-refractivity contribution < 1.29 is 19.7 Å². The Hall–Kier alpha value is -0.860. The maximum absolute atomic E-state index is 12.5. The van der Waals surface area contributed by atoms with Crippen molar-refractivity contribution in [2.24, 2.45) is 0 Å². The van der Waals surface area contributed by atoms with Crippen molar-refractivity contribution in [3.05, 3.63) is 27.3 Å². The molecule has 1 heterocycles. The molecule has 0 bridgehead atoms. The smallest absolute Gasteiger partial charge is 0.258 e. The van der Waals surface area contributed by atoms with E-state index < -0.39 is 0 Å². The number of phenols is 1. The Labute approximate surface area is 125 Å². The van der Waals surface area contributed by atoms with Crippen LogP contribution < -0.4 is 0 Å². The molecule has 5 nitrogen and oxygen atoms in total. The van der Waals surface area contributed by atoms with Crippen LogP contribution in [0.1, 0.15) is 17.3 Å². The average molecular weight is 377 g/mol. The molecular weight excluding hydrogens is 361 g/mol. The van der Waals surface area contributed by atoms with Gasteiger partial charge in [0.2, 0.25) is 0 Å². The number of benzene rings is 1. The van der Waals surface area contributed by atoms with Gasteiger partial charge in [0.25, 0.3) is 5.91 Å². The zero-order chi connectivity index (χ0) is 14.0. The fraction of sp³-hybridized carbons (Fsp3) is 0.462. The van der Waals surface area contributed by atoms with E-state index in [4.69, 9.17) is 9.84 Å². The summed E-state index contributed by atoms with van der Waals surface area (Å²) in [6, 6.07) is 4.84. The molecule has 2 unspecified atom stereocenters. The first-order valence-electron chi connectivity index (χ1n) is 6.05. The molecule has 0 aromatic heterocycles. The summed E-state index contributed by atoms with van der Waals surface area (Å²) in [4.78, 5) is 14.1. The number of amides is 1. The van der Waals surface area contributed by atoms with Crippen molar-refractivity contribution in [1.82, 2.24) is 4.90 Å². The molecular formula is C13H16INO4. The van der Waals surface area contributed by atoms with Gasteiger partial charge >= 0.3 is 0 Å². The lowest BCUT2D eigenvalue weighted by Gasteiger charge is -2.37. The standard InChI is InChI=1S/C13H16INO4/c1-8-7-19-10(6-16)5-15(8)13(18)11-4-9(14)2-3-12(11)17/h2-4,8,10,16-17H,5-7H2,1H3. The largest absolute Gasteiger partial charge is 0.507 e. The van der Waals surface area contributed by atoms with E-state index in [9.17, 15) is 9.90 Å². The summed E-state index contributed by atoms with van der Waals surface area (Å²) in [7, 11) is 0. The van der Waals surface area contributed by atoms with Crippen LogP contribution in [0.25, 0.3) is 0 Å². The minimum absolute atomic E-state index is 0.0235. The Bertz CT molecular complexity index is 480. The summed E-state index contributed by atoms with van der Waals surface area (Å²) in [6.07, 6.45) is -0.356. The van der Waals surface area contributed by atoms with Gasteiger partial charge in [0.15, 0.2) is 0 Å². The van der Waals surface area contributed by atoms with Crippen molar-refractivity contribution in [2.75, 3.05) is 19.8 Å². The minimum Gasteiger partial charge on any atom is -0.507 e. The average Bonchev–Trinajstić information content (AvgIpc) is 2.41. The molecule has 2 N–H and O–H groups in total. The van der Waals surface area contributed by atoms with Crippen LogP contribution >= 0.6 is 22.6 Å². The molecule has 19 heavy (non-hydrogen) atoms. The van der Waals surface area contributed by atoms with Crippen LogP contribution in [0.5, 0.6) is 5.75 Å². The van der Waals surface area contributed by atoms with Crippen molar-refractivity contribution in [2.45, 2.75) is 19.1 Å². The van der Waals surface area contributed by atoms with Crippen LogP contribution in [0.15, 0.2) is 18.2 Å². The number of hydrogen-bond donors (Lipinski definition) is 2. The topological polar surface area (TPSA) is 70.0 Å². The van der Waals surface area contributed by atoms with Crippen molar-refractivity contribution in [3.63, 3.8) is 0 Å². The monoisotopic (exact) mass is 377 g/mol. The summed E-state index contributed by atoms with van der Waals surface area (Å²) in [5.74, 6) is -0.255. The fourth-order valence-corrected chi connectivity index (χ4v) is 2.54. The van der Waals surface area contributed by atoms with Crippen LogP contribution in [0, 0.1) is 3.57 Å². The molecule has 1 aliphatic heterocycles. The van der Waals surface area contributed by atoms with Crippen LogP contribution in [0.2, 0.25) is 0 Å². The number of carbonyl (C=O) groups excluding carboxylic acids is 1. The summed E-state index contributed by atoms with van der Waals surface area (Å²) in [5.41, 5.74) is 0.289. The fourth-order valence-electron chi connectivity index (χ4n) is 2.05. The van der Waals surface area contributed by atoms with E-state index in [1.165, 1.54) is 6.07 Å².